The van der Waals surface area contributed by atoms with Crippen LogP contribution in [0.5, 0.6) is 34.5 Å². The SMILES string of the molecule is Cc1cc2c(Cc3ccccc3)c(O)c(O)cc2c(O)c1-c1c(C)cc2c(Cc3ccccc3)c(O)c(O)cc2c1O. The average Bonchev–Trinajstić information content (AvgIpc) is 2.98. The average molecular weight is 559 g/mol. The molecule has 6 aromatic carbocycles. The van der Waals surface area contributed by atoms with E-state index in [9.17, 15) is 30.6 Å². The van der Waals surface area contributed by atoms with Crippen LogP contribution in [-0.4, -0.2) is 30.6 Å². The number of benzene rings is 6. The van der Waals surface area contributed by atoms with Crippen molar-refractivity contribution in [1.29, 1.82) is 0 Å². The van der Waals surface area contributed by atoms with Gasteiger partial charge in [-0.1, -0.05) is 72.8 Å². The van der Waals surface area contributed by atoms with Gasteiger partial charge in [-0.3, -0.25) is 0 Å². The molecule has 6 N–H and O–H groups in total. The first kappa shape index (κ1) is 26.8. The van der Waals surface area contributed by atoms with Crippen LogP contribution in [0.4, 0.5) is 0 Å². The molecule has 0 aliphatic carbocycles. The fraction of sp³-hybridized carbons (Fsp3) is 0.111. The highest BCUT2D eigenvalue weighted by atomic mass is 16.3. The lowest BCUT2D eigenvalue weighted by Gasteiger charge is -2.20. The molecule has 210 valence electrons. The fourth-order valence-corrected chi connectivity index (χ4v) is 5.99. The van der Waals surface area contributed by atoms with Gasteiger partial charge in [0, 0.05) is 45.9 Å². The molecule has 0 unspecified atom stereocenters. The van der Waals surface area contributed by atoms with E-state index in [1.165, 1.54) is 12.1 Å². The molecule has 0 atom stereocenters. The first-order valence-electron chi connectivity index (χ1n) is 13.6. The minimum atomic E-state index is -0.357. The minimum Gasteiger partial charge on any atom is -0.507 e. The topological polar surface area (TPSA) is 121 Å². The third-order valence-electron chi connectivity index (χ3n) is 8.04. The van der Waals surface area contributed by atoms with E-state index in [0.29, 0.717) is 67.8 Å². The van der Waals surface area contributed by atoms with E-state index in [0.717, 1.165) is 11.1 Å². The van der Waals surface area contributed by atoms with Gasteiger partial charge in [0.2, 0.25) is 0 Å². The fourth-order valence-electron chi connectivity index (χ4n) is 5.99. The molecule has 0 spiro atoms. The van der Waals surface area contributed by atoms with Crippen LogP contribution in [0.15, 0.2) is 84.9 Å². The predicted molar refractivity (Wildman–Crippen MR) is 165 cm³/mol. The molecule has 42 heavy (non-hydrogen) atoms. The van der Waals surface area contributed by atoms with Crippen molar-refractivity contribution in [3.05, 3.63) is 118 Å². The molecule has 0 heterocycles. The summed E-state index contributed by atoms with van der Waals surface area (Å²) in [6.07, 6.45) is 0.673. The molecule has 0 amide bonds. The van der Waals surface area contributed by atoms with Crippen molar-refractivity contribution in [2.24, 2.45) is 0 Å². The van der Waals surface area contributed by atoms with E-state index in [1.54, 1.807) is 0 Å². The molecule has 0 bridgehead atoms. The number of aromatic hydroxyl groups is 6. The number of aryl methyl sites for hydroxylation is 2. The van der Waals surface area contributed by atoms with Crippen LogP contribution in [0, 0.1) is 13.8 Å². The molecule has 0 aromatic heterocycles. The Morgan fingerprint density at radius 1 is 0.429 bits per heavy atom. The van der Waals surface area contributed by atoms with Crippen molar-refractivity contribution in [1.82, 2.24) is 0 Å². The summed E-state index contributed by atoms with van der Waals surface area (Å²) in [6.45, 7) is 3.62. The Bertz CT molecular complexity index is 1850. The summed E-state index contributed by atoms with van der Waals surface area (Å²) in [5.74, 6) is -1.51. The summed E-state index contributed by atoms with van der Waals surface area (Å²) in [5.41, 5.74) is 4.84. The van der Waals surface area contributed by atoms with E-state index >= 15 is 0 Å². The van der Waals surface area contributed by atoms with Crippen LogP contribution in [0.1, 0.15) is 33.4 Å². The van der Waals surface area contributed by atoms with Crippen molar-refractivity contribution in [3.8, 4) is 45.6 Å². The summed E-state index contributed by atoms with van der Waals surface area (Å²) in [6, 6.07) is 25.4. The molecule has 6 nitrogen and oxygen atoms in total. The smallest absolute Gasteiger partial charge is 0.161 e. The summed E-state index contributed by atoms with van der Waals surface area (Å²) in [7, 11) is 0. The lowest BCUT2D eigenvalue weighted by molar-refractivity contribution is 0.401. The number of phenols is 6. The van der Waals surface area contributed by atoms with Gasteiger partial charge in [-0.15, -0.1) is 0 Å². The first-order chi connectivity index (χ1) is 20.2. The minimum absolute atomic E-state index is 0.153. The van der Waals surface area contributed by atoms with Crippen LogP contribution in [0.2, 0.25) is 0 Å². The second-order valence-electron chi connectivity index (χ2n) is 10.8. The van der Waals surface area contributed by atoms with Gasteiger partial charge in [-0.25, -0.2) is 0 Å². The summed E-state index contributed by atoms with van der Waals surface area (Å²) >= 11 is 0. The molecule has 6 rings (SSSR count). The number of rotatable bonds is 5. The van der Waals surface area contributed by atoms with Gasteiger partial charge in [-0.05, 0) is 59.0 Å². The molecule has 0 aliphatic rings. The van der Waals surface area contributed by atoms with E-state index in [-0.39, 0.29) is 34.5 Å². The molecule has 6 heteroatoms. The normalized spacial score (nSPS) is 11.4. The number of hydrogen-bond donors (Lipinski definition) is 6. The highest BCUT2D eigenvalue weighted by Gasteiger charge is 2.25. The monoisotopic (exact) mass is 558 g/mol. The molecule has 0 radical (unpaired) electrons. The summed E-state index contributed by atoms with van der Waals surface area (Å²) < 4.78 is 0. The second-order valence-corrected chi connectivity index (χ2v) is 10.8. The highest BCUT2D eigenvalue weighted by Crippen LogP contribution is 2.51. The quantitative estimate of drug-likeness (QED) is 0.121. The molecular formula is C36H30O6. The first-order valence-corrected chi connectivity index (χ1v) is 13.6. The van der Waals surface area contributed by atoms with E-state index < -0.39 is 0 Å². The largest absolute Gasteiger partial charge is 0.507 e. The van der Waals surface area contributed by atoms with Crippen LogP contribution in [-0.2, 0) is 12.8 Å². The van der Waals surface area contributed by atoms with Gasteiger partial charge < -0.3 is 30.6 Å². The van der Waals surface area contributed by atoms with E-state index in [1.807, 2.05) is 86.6 Å². The Morgan fingerprint density at radius 2 is 0.786 bits per heavy atom. The second kappa shape index (κ2) is 10.2. The number of phenolic OH excluding ortho intramolecular Hbond substituents is 6. The zero-order valence-corrected chi connectivity index (χ0v) is 23.2. The highest BCUT2D eigenvalue weighted by molar-refractivity contribution is 6.06. The van der Waals surface area contributed by atoms with Crippen LogP contribution in [0.3, 0.4) is 0 Å². The van der Waals surface area contributed by atoms with Crippen LogP contribution >= 0.6 is 0 Å². The molecule has 0 saturated carbocycles. The lowest BCUT2D eigenvalue weighted by Crippen LogP contribution is -1.97. The third kappa shape index (κ3) is 4.38. The summed E-state index contributed by atoms with van der Waals surface area (Å²) in [5, 5.41) is 68.0. The Hall–Kier alpha value is -5.36. The Morgan fingerprint density at radius 3 is 1.14 bits per heavy atom. The standard InChI is InChI=1S/C36H30O6/c1-19-13-23-25(15-21-9-5-3-6-10-21)33(39)29(37)17-27(23)35(41)31(19)32-20(2)14-24-26(16-22-11-7-4-8-12-22)34(40)30(38)18-28(24)36(32)42/h3-14,17-18,37-42H,15-16H2,1-2H3. The van der Waals surface area contributed by atoms with Crippen molar-refractivity contribution in [2.75, 3.05) is 0 Å². The maximum atomic E-state index is 11.7. The van der Waals surface area contributed by atoms with Gasteiger partial charge in [-0.2, -0.15) is 0 Å². The van der Waals surface area contributed by atoms with E-state index in [2.05, 4.69) is 0 Å². The third-order valence-corrected chi connectivity index (χ3v) is 8.04. The molecular weight excluding hydrogens is 528 g/mol. The van der Waals surface area contributed by atoms with Crippen LogP contribution in [0.25, 0.3) is 32.7 Å². The van der Waals surface area contributed by atoms with E-state index in [4.69, 9.17) is 0 Å². The number of fused-ring (bicyclic) bond motifs is 2. The molecule has 0 fully saturated rings. The van der Waals surface area contributed by atoms with Crippen molar-refractivity contribution >= 4 is 21.5 Å². The van der Waals surface area contributed by atoms with Gasteiger partial charge in [0.1, 0.15) is 11.5 Å². The maximum absolute atomic E-state index is 11.7. The Balaban J connectivity index is 1.58. The van der Waals surface area contributed by atoms with Gasteiger partial charge in [0.25, 0.3) is 0 Å². The predicted octanol–water partition coefficient (Wildman–Crippen LogP) is 7.69. The Kier molecular flexibility index (Phi) is 6.54. The van der Waals surface area contributed by atoms with Gasteiger partial charge >= 0.3 is 0 Å². The zero-order valence-electron chi connectivity index (χ0n) is 23.2. The molecule has 6 aromatic rings. The van der Waals surface area contributed by atoms with Gasteiger partial charge in [0.05, 0.1) is 0 Å². The van der Waals surface area contributed by atoms with Crippen molar-refractivity contribution in [3.63, 3.8) is 0 Å². The molecule has 0 aliphatic heterocycles. The zero-order chi connectivity index (χ0) is 29.7. The number of hydrogen-bond acceptors (Lipinski definition) is 6. The molecule has 0 saturated heterocycles. The van der Waals surface area contributed by atoms with Gasteiger partial charge in [0.15, 0.2) is 23.0 Å². The maximum Gasteiger partial charge on any atom is 0.161 e. The lowest BCUT2D eigenvalue weighted by atomic mass is 9.86. The van der Waals surface area contributed by atoms with Crippen molar-refractivity contribution in [2.45, 2.75) is 26.7 Å². The Labute approximate surface area is 242 Å². The summed E-state index contributed by atoms with van der Waals surface area (Å²) in [4.78, 5) is 0. The van der Waals surface area contributed by atoms with Crippen LogP contribution < -0.4 is 0 Å². The van der Waals surface area contributed by atoms with Crippen molar-refractivity contribution < 1.29 is 30.6 Å².